The van der Waals surface area contributed by atoms with Crippen LogP contribution in [0, 0.1) is 11.8 Å². The van der Waals surface area contributed by atoms with E-state index in [1.807, 2.05) is 0 Å². The van der Waals surface area contributed by atoms with Crippen molar-refractivity contribution in [1.29, 1.82) is 0 Å². The first-order chi connectivity index (χ1) is 12.6. The number of hydrogen-bond donors (Lipinski definition) is 2. The topological polar surface area (TPSA) is 95.9 Å². The number of carboxylic acids is 1. The highest BCUT2D eigenvalue weighted by molar-refractivity contribution is 6.04. The fraction of sp³-hybridized carbons (Fsp3) is 0.526. The minimum Gasteiger partial charge on any atom is -0.481 e. The molecule has 0 radical (unpaired) electrons. The van der Waals surface area contributed by atoms with Crippen molar-refractivity contribution in [3.63, 3.8) is 0 Å². The molecule has 1 saturated heterocycles. The molecule has 1 heterocycles. The van der Waals surface area contributed by atoms with Crippen LogP contribution in [0.15, 0.2) is 24.3 Å². The maximum Gasteiger partial charge on any atom is 0.307 e. The number of amides is 2. The van der Waals surface area contributed by atoms with E-state index in [-0.39, 0.29) is 11.8 Å². The van der Waals surface area contributed by atoms with Gasteiger partial charge in [0.2, 0.25) is 5.91 Å². The third kappa shape index (κ3) is 4.04. The molecule has 0 spiro atoms. The van der Waals surface area contributed by atoms with Crippen LogP contribution in [-0.4, -0.2) is 54.1 Å². The molecule has 26 heavy (non-hydrogen) atoms. The summed E-state index contributed by atoms with van der Waals surface area (Å²) in [4.78, 5) is 38.6. The molecule has 1 aromatic carbocycles. The highest BCUT2D eigenvalue weighted by Gasteiger charge is 2.36. The van der Waals surface area contributed by atoms with E-state index in [4.69, 9.17) is 4.74 Å². The third-order valence-electron chi connectivity index (χ3n) is 5.13. The van der Waals surface area contributed by atoms with Crippen molar-refractivity contribution >= 4 is 23.5 Å². The SMILES string of the molecule is O=C(O)C1CCCCC1C(=O)Nc1ccccc1C(=O)N1CCOCC1. The number of carbonyl (C=O) groups is 3. The van der Waals surface area contributed by atoms with E-state index < -0.39 is 17.8 Å². The van der Waals surface area contributed by atoms with Crippen molar-refractivity contribution in [3.8, 4) is 0 Å². The number of nitrogens with one attached hydrogen (secondary N) is 1. The predicted octanol–water partition coefficient (Wildman–Crippen LogP) is 1.99. The Kier molecular flexibility index (Phi) is 5.88. The molecule has 140 valence electrons. The van der Waals surface area contributed by atoms with Crippen molar-refractivity contribution in [3.05, 3.63) is 29.8 Å². The largest absolute Gasteiger partial charge is 0.481 e. The summed E-state index contributed by atoms with van der Waals surface area (Å²) in [5.41, 5.74) is 0.856. The van der Waals surface area contributed by atoms with Gasteiger partial charge in [-0.3, -0.25) is 14.4 Å². The van der Waals surface area contributed by atoms with Crippen LogP contribution in [0.2, 0.25) is 0 Å². The Labute approximate surface area is 152 Å². The van der Waals surface area contributed by atoms with Crippen LogP contribution in [0.5, 0.6) is 0 Å². The number of aliphatic carboxylic acids is 1. The van der Waals surface area contributed by atoms with Gasteiger partial charge in [0.05, 0.1) is 36.3 Å². The summed E-state index contributed by atoms with van der Waals surface area (Å²) in [6.45, 7) is 2.04. The molecule has 1 aliphatic carbocycles. The summed E-state index contributed by atoms with van der Waals surface area (Å²) in [6, 6.07) is 6.87. The lowest BCUT2D eigenvalue weighted by molar-refractivity contribution is -0.147. The number of benzene rings is 1. The van der Waals surface area contributed by atoms with Crippen molar-refractivity contribution in [2.45, 2.75) is 25.7 Å². The molecule has 1 aliphatic heterocycles. The zero-order valence-electron chi connectivity index (χ0n) is 14.6. The van der Waals surface area contributed by atoms with Crippen molar-refractivity contribution < 1.29 is 24.2 Å². The molecule has 2 fully saturated rings. The van der Waals surface area contributed by atoms with Gasteiger partial charge in [0.1, 0.15) is 0 Å². The maximum absolute atomic E-state index is 12.8. The van der Waals surface area contributed by atoms with Gasteiger partial charge in [0, 0.05) is 13.1 Å². The van der Waals surface area contributed by atoms with Gasteiger partial charge >= 0.3 is 5.97 Å². The lowest BCUT2D eigenvalue weighted by atomic mass is 9.78. The third-order valence-corrected chi connectivity index (χ3v) is 5.13. The smallest absolute Gasteiger partial charge is 0.307 e. The summed E-state index contributed by atoms with van der Waals surface area (Å²) < 4.78 is 5.27. The number of morpholine rings is 1. The van der Waals surface area contributed by atoms with Crippen LogP contribution >= 0.6 is 0 Å². The number of carbonyl (C=O) groups excluding carboxylic acids is 2. The molecule has 1 saturated carbocycles. The Morgan fingerprint density at radius 3 is 2.38 bits per heavy atom. The molecule has 2 atom stereocenters. The van der Waals surface area contributed by atoms with E-state index in [0.717, 1.165) is 12.8 Å². The van der Waals surface area contributed by atoms with E-state index in [9.17, 15) is 19.5 Å². The van der Waals surface area contributed by atoms with Crippen molar-refractivity contribution in [2.75, 3.05) is 31.6 Å². The number of anilines is 1. The molecule has 2 aliphatic rings. The molecule has 7 nitrogen and oxygen atoms in total. The lowest BCUT2D eigenvalue weighted by Crippen LogP contribution is -2.41. The molecule has 0 aromatic heterocycles. The van der Waals surface area contributed by atoms with Gasteiger partial charge in [0.15, 0.2) is 0 Å². The molecule has 1 aromatic rings. The van der Waals surface area contributed by atoms with Gasteiger partial charge in [-0.25, -0.2) is 0 Å². The highest BCUT2D eigenvalue weighted by Crippen LogP contribution is 2.31. The summed E-state index contributed by atoms with van der Waals surface area (Å²) in [5, 5.41) is 12.2. The molecule has 2 N–H and O–H groups in total. The zero-order valence-corrected chi connectivity index (χ0v) is 14.6. The minimum atomic E-state index is -0.928. The summed E-state index contributed by atoms with van der Waals surface area (Å²) in [6.07, 6.45) is 2.74. The minimum absolute atomic E-state index is 0.150. The van der Waals surface area contributed by atoms with Gasteiger partial charge in [-0.2, -0.15) is 0 Å². The Morgan fingerprint density at radius 2 is 1.69 bits per heavy atom. The molecule has 2 unspecified atom stereocenters. The highest BCUT2D eigenvalue weighted by atomic mass is 16.5. The lowest BCUT2D eigenvalue weighted by Gasteiger charge is -2.29. The molecular formula is C19H24N2O5. The second-order valence-corrected chi connectivity index (χ2v) is 6.78. The number of para-hydroxylation sites is 1. The first kappa shape index (κ1) is 18.4. The second-order valence-electron chi connectivity index (χ2n) is 6.78. The molecule has 3 rings (SSSR count). The van der Waals surface area contributed by atoms with Gasteiger partial charge < -0.3 is 20.1 Å². The normalized spacial score (nSPS) is 23.3. The number of hydrogen-bond acceptors (Lipinski definition) is 4. The van der Waals surface area contributed by atoms with Crippen molar-refractivity contribution in [2.24, 2.45) is 11.8 Å². The number of ether oxygens (including phenoxy) is 1. The van der Waals surface area contributed by atoms with E-state index in [1.165, 1.54) is 0 Å². The van der Waals surface area contributed by atoms with E-state index in [2.05, 4.69) is 5.32 Å². The van der Waals surface area contributed by atoms with E-state index in [0.29, 0.717) is 50.4 Å². The van der Waals surface area contributed by atoms with Crippen LogP contribution in [0.3, 0.4) is 0 Å². The Morgan fingerprint density at radius 1 is 1.04 bits per heavy atom. The second kappa shape index (κ2) is 8.31. The number of carboxylic acid groups (broad SMARTS) is 1. The summed E-state index contributed by atoms with van der Waals surface area (Å²) in [5.74, 6) is -2.62. The monoisotopic (exact) mass is 360 g/mol. The van der Waals surface area contributed by atoms with Gasteiger partial charge in [-0.1, -0.05) is 25.0 Å². The predicted molar refractivity (Wildman–Crippen MR) is 94.9 cm³/mol. The summed E-state index contributed by atoms with van der Waals surface area (Å²) >= 11 is 0. The quantitative estimate of drug-likeness (QED) is 0.856. The maximum atomic E-state index is 12.8. The van der Waals surface area contributed by atoms with Gasteiger partial charge in [-0.15, -0.1) is 0 Å². The van der Waals surface area contributed by atoms with Crippen molar-refractivity contribution in [1.82, 2.24) is 4.90 Å². The van der Waals surface area contributed by atoms with Crippen LogP contribution in [0.25, 0.3) is 0 Å². The number of rotatable bonds is 4. The first-order valence-corrected chi connectivity index (χ1v) is 9.07. The molecule has 2 amide bonds. The average molecular weight is 360 g/mol. The fourth-order valence-corrected chi connectivity index (χ4v) is 3.68. The molecule has 7 heteroatoms. The molecule has 0 bridgehead atoms. The molecular weight excluding hydrogens is 336 g/mol. The Balaban J connectivity index is 1.76. The van der Waals surface area contributed by atoms with Crippen LogP contribution in [0.4, 0.5) is 5.69 Å². The fourth-order valence-electron chi connectivity index (χ4n) is 3.68. The van der Waals surface area contributed by atoms with Crippen LogP contribution < -0.4 is 5.32 Å². The zero-order chi connectivity index (χ0) is 18.5. The standard InChI is InChI=1S/C19H24N2O5/c22-17(13-5-1-2-6-14(13)19(24)25)20-16-8-4-3-7-15(16)18(23)21-9-11-26-12-10-21/h3-4,7-8,13-14H,1-2,5-6,9-12H2,(H,20,22)(H,24,25). The average Bonchev–Trinajstić information content (AvgIpc) is 2.68. The van der Waals surface area contributed by atoms with Crippen LogP contribution in [-0.2, 0) is 14.3 Å². The van der Waals surface area contributed by atoms with Gasteiger partial charge in [-0.05, 0) is 25.0 Å². The Hall–Kier alpha value is -2.41. The Bertz CT molecular complexity index is 684. The number of nitrogens with zero attached hydrogens (tertiary/aromatic N) is 1. The summed E-state index contributed by atoms with van der Waals surface area (Å²) in [7, 11) is 0. The first-order valence-electron chi connectivity index (χ1n) is 9.07. The van der Waals surface area contributed by atoms with Crippen LogP contribution in [0.1, 0.15) is 36.0 Å². The van der Waals surface area contributed by atoms with E-state index in [1.54, 1.807) is 29.2 Å². The van der Waals surface area contributed by atoms with Gasteiger partial charge in [0.25, 0.3) is 5.91 Å². The van der Waals surface area contributed by atoms with E-state index >= 15 is 0 Å².